The molecule has 0 radical (unpaired) electrons. The Labute approximate surface area is 79.5 Å². The van der Waals surface area contributed by atoms with Gasteiger partial charge in [-0.1, -0.05) is 13.0 Å². The Kier molecular flexibility index (Phi) is 6.73. The van der Waals surface area contributed by atoms with Crippen LogP contribution < -0.4 is 15.2 Å². The van der Waals surface area contributed by atoms with Gasteiger partial charge in [0.15, 0.2) is 0 Å². The summed E-state index contributed by atoms with van der Waals surface area (Å²) in [4.78, 5) is 0. The van der Waals surface area contributed by atoms with E-state index in [2.05, 4.69) is 0 Å². The fraction of sp³-hybridized carbons (Fsp3) is 0.400. The molecular weight excluding hydrogens is 166 g/mol. The SMILES string of the molecule is CCN.COc1cccc(OC)c1. The minimum atomic E-state index is 0.750. The van der Waals surface area contributed by atoms with Gasteiger partial charge >= 0.3 is 0 Å². The van der Waals surface area contributed by atoms with Crippen LogP contribution in [0.15, 0.2) is 24.3 Å². The molecule has 0 saturated carbocycles. The molecule has 3 nitrogen and oxygen atoms in total. The summed E-state index contributed by atoms with van der Waals surface area (Å²) in [5, 5.41) is 0. The molecule has 3 heteroatoms. The predicted molar refractivity (Wildman–Crippen MR) is 54.3 cm³/mol. The molecule has 0 bridgehead atoms. The van der Waals surface area contributed by atoms with Crippen molar-refractivity contribution in [2.24, 2.45) is 5.73 Å². The highest BCUT2D eigenvalue weighted by Gasteiger charge is 1.91. The van der Waals surface area contributed by atoms with Gasteiger partial charge < -0.3 is 15.2 Å². The van der Waals surface area contributed by atoms with Crippen molar-refractivity contribution in [1.29, 1.82) is 0 Å². The van der Waals surface area contributed by atoms with Gasteiger partial charge in [0.2, 0.25) is 0 Å². The molecule has 0 aliphatic heterocycles. The summed E-state index contributed by atoms with van der Waals surface area (Å²) in [6.07, 6.45) is 0. The lowest BCUT2D eigenvalue weighted by atomic mass is 10.3. The Balaban J connectivity index is 0.000000424. The van der Waals surface area contributed by atoms with Crippen molar-refractivity contribution in [3.8, 4) is 11.5 Å². The third kappa shape index (κ3) is 5.09. The zero-order chi connectivity index (χ0) is 10.1. The number of rotatable bonds is 2. The predicted octanol–water partition coefficient (Wildman–Crippen LogP) is 1.67. The van der Waals surface area contributed by atoms with Crippen LogP contribution in [0.5, 0.6) is 11.5 Å². The maximum Gasteiger partial charge on any atom is 0.122 e. The smallest absolute Gasteiger partial charge is 0.122 e. The molecule has 0 saturated heterocycles. The summed E-state index contributed by atoms with van der Waals surface area (Å²) in [6.45, 7) is 2.65. The first kappa shape index (κ1) is 11.8. The van der Waals surface area contributed by atoms with Gasteiger partial charge in [0, 0.05) is 6.07 Å². The van der Waals surface area contributed by atoms with Crippen LogP contribution >= 0.6 is 0 Å². The highest BCUT2D eigenvalue weighted by molar-refractivity contribution is 5.32. The van der Waals surface area contributed by atoms with Crippen LogP contribution in [0.4, 0.5) is 0 Å². The number of methoxy groups -OCH3 is 2. The minimum Gasteiger partial charge on any atom is -0.497 e. The summed E-state index contributed by atoms with van der Waals surface area (Å²) < 4.78 is 9.95. The van der Waals surface area contributed by atoms with E-state index in [1.54, 1.807) is 14.2 Å². The average molecular weight is 183 g/mol. The van der Waals surface area contributed by atoms with Crippen molar-refractivity contribution >= 4 is 0 Å². The van der Waals surface area contributed by atoms with E-state index in [-0.39, 0.29) is 0 Å². The Morgan fingerprint density at radius 3 is 1.85 bits per heavy atom. The van der Waals surface area contributed by atoms with Gasteiger partial charge in [0.05, 0.1) is 14.2 Å². The molecule has 0 aliphatic rings. The van der Waals surface area contributed by atoms with Gasteiger partial charge in [-0.25, -0.2) is 0 Å². The van der Waals surface area contributed by atoms with Crippen molar-refractivity contribution in [1.82, 2.24) is 0 Å². The second kappa shape index (κ2) is 7.43. The van der Waals surface area contributed by atoms with Crippen LogP contribution in [-0.2, 0) is 0 Å². The molecule has 0 spiro atoms. The molecule has 0 amide bonds. The molecule has 0 fully saturated rings. The second-order valence-electron chi connectivity index (χ2n) is 2.29. The van der Waals surface area contributed by atoms with Gasteiger partial charge in [-0.2, -0.15) is 0 Å². The topological polar surface area (TPSA) is 44.5 Å². The molecule has 1 aromatic carbocycles. The Hall–Kier alpha value is -1.22. The summed E-state index contributed by atoms with van der Waals surface area (Å²) in [7, 11) is 3.27. The van der Waals surface area contributed by atoms with E-state index in [1.165, 1.54) is 0 Å². The number of hydrogen-bond donors (Lipinski definition) is 1. The third-order valence-electron chi connectivity index (χ3n) is 1.28. The molecule has 1 aromatic rings. The highest BCUT2D eigenvalue weighted by Crippen LogP contribution is 2.17. The van der Waals surface area contributed by atoms with Crippen molar-refractivity contribution in [3.05, 3.63) is 24.3 Å². The maximum absolute atomic E-state index is 4.98. The summed E-state index contributed by atoms with van der Waals surface area (Å²) in [5.41, 5.74) is 4.85. The first-order valence-corrected chi connectivity index (χ1v) is 4.16. The van der Waals surface area contributed by atoms with E-state index in [9.17, 15) is 0 Å². The van der Waals surface area contributed by atoms with Gasteiger partial charge in [0.1, 0.15) is 11.5 Å². The van der Waals surface area contributed by atoms with Crippen molar-refractivity contribution < 1.29 is 9.47 Å². The summed E-state index contributed by atoms with van der Waals surface area (Å²) >= 11 is 0. The van der Waals surface area contributed by atoms with Crippen LogP contribution in [0.2, 0.25) is 0 Å². The molecule has 0 aromatic heterocycles. The fourth-order valence-corrected chi connectivity index (χ4v) is 0.728. The van der Waals surface area contributed by atoms with Gasteiger partial charge in [-0.15, -0.1) is 0 Å². The van der Waals surface area contributed by atoms with Crippen molar-refractivity contribution in [2.45, 2.75) is 6.92 Å². The Bertz CT molecular complexity index is 207. The Morgan fingerprint density at radius 1 is 1.15 bits per heavy atom. The van der Waals surface area contributed by atoms with Gasteiger partial charge in [0.25, 0.3) is 0 Å². The summed E-state index contributed by atoms with van der Waals surface area (Å²) in [5.74, 6) is 1.64. The van der Waals surface area contributed by atoms with E-state index in [4.69, 9.17) is 15.2 Å². The first-order valence-electron chi connectivity index (χ1n) is 4.16. The third-order valence-corrected chi connectivity index (χ3v) is 1.28. The molecule has 74 valence electrons. The monoisotopic (exact) mass is 183 g/mol. The van der Waals surface area contributed by atoms with Crippen molar-refractivity contribution in [2.75, 3.05) is 20.8 Å². The Morgan fingerprint density at radius 2 is 1.54 bits per heavy atom. The molecule has 0 aliphatic carbocycles. The van der Waals surface area contributed by atoms with Gasteiger partial charge in [-0.3, -0.25) is 0 Å². The van der Waals surface area contributed by atoms with Crippen molar-refractivity contribution in [3.63, 3.8) is 0 Å². The average Bonchev–Trinajstić information content (AvgIpc) is 2.19. The first-order chi connectivity index (χ1) is 6.28. The minimum absolute atomic E-state index is 0.750. The molecule has 0 unspecified atom stereocenters. The maximum atomic E-state index is 4.98. The molecule has 2 N–H and O–H groups in total. The molecule has 13 heavy (non-hydrogen) atoms. The zero-order valence-corrected chi connectivity index (χ0v) is 8.41. The highest BCUT2D eigenvalue weighted by atomic mass is 16.5. The van der Waals surface area contributed by atoms with E-state index in [0.29, 0.717) is 0 Å². The van der Waals surface area contributed by atoms with Crippen LogP contribution in [0.25, 0.3) is 0 Å². The lowest BCUT2D eigenvalue weighted by Gasteiger charge is -2.01. The number of nitrogens with two attached hydrogens (primary N) is 1. The largest absolute Gasteiger partial charge is 0.497 e. The van der Waals surface area contributed by atoms with Crippen LogP contribution in [0.1, 0.15) is 6.92 Å². The molecule has 0 atom stereocenters. The van der Waals surface area contributed by atoms with Gasteiger partial charge in [-0.05, 0) is 18.7 Å². The van der Waals surface area contributed by atoms with Crippen LogP contribution in [0, 0.1) is 0 Å². The number of benzene rings is 1. The molecular formula is C10H17NO2. The molecule has 0 heterocycles. The van der Waals surface area contributed by atoms with Crippen LogP contribution in [0.3, 0.4) is 0 Å². The summed E-state index contributed by atoms with van der Waals surface area (Å²) in [6, 6.07) is 7.47. The van der Waals surface area contributed by atoms with E-state index >= 15 is 0 Å². The lowest BCUT2D eigenvalue weighted by molar-refractivity contribution is 0.394. The fourth-order valence-electron chi connectivity index (χ4n) is 0.728. The zero-order valence-electron chi connectivity index (χ0n) is 8.41. The quantitative estimate of drug-likeness (QED) is 0.758. The standard InChI is InChI=1S/C8H10O2.C2H7N/c1-9-7-4-3-5-8(6-7)10-2;1-2-3/h3-6H,1-2H3;2-3H2,1H3. The van der Waals surface area contributed by atoms with E-state index < -0.39 is 0 Å². The molecule has 1 rings (SSSR count). The number of hydrogen-bond acceptors (Lipinski definition) is 3. The van der Waals surface area contributed by atoms with E-state index in [1.807, 2.05) is 31.2 Å². The van der Waals surface area contributed by atoms with E-state index in [0.717, 1.165) is 18.0 Å². The normalized spacial score (nSPS) is 8.31. The number of ether oxygens (including phenoxy) is 2. The lowest BCUT2D eigenvalue weighted by Crippen LogP contribution is -1.87. The second-order valence-corrected chi connectivity index (χ2v) is 2.29. The van der Waals surface area contributed by atoms with Crippen LogP contribution in [-0.4, -0.2) is 20.8 Å².